The summed E-state index contributed by atoms with van der Waals surface area (Å²) in [6.45, 7) is 2.99. The highest BCUT2D eigenvalue weighted by atomic mass is 19.1. The molecule has 3 rings (SSSR count). The molecular formula is C18H23FN4O. The second-order valence-corrected chi connectivity index (χ2v) is 6.28. The van der Waals surface area contributed by atoms with E-state index < -0.39 is 5.82 Å². The summed E-state index contributed by atoms with van der Waals surface area (Å²) in [5, 5.41) is 9.74. The zero-order valence-electron chi connectivity index (χ0n) is 13.7. The van der Waals surface area contributed by atoms with Gasteiger partial charge in [0.1, 0.15) is 5.82 Å². The Labute approximate surface area is 141 Å². The van der Waals surface area contributed by atoms with Gasteiger partial charge in [0, 0.05) is 25.3 Å². The standard InChI is InChI=1S/C18H23FN4O/c19-17-6-2-1-5-16(17)18(24)22-15-7-10-23(11-8-15)9-3-4-14-12-20-21-13-14/h1-2,5-6,12-13,15H,3-4,7-11H2,(H,20,21)(H,22,24). The number of rotatable bonds is 6. The lowest BCUT2D eigenvalue weighted by atomic mass is 10.0. The maximum atomic E-state index is 13.6. The zero-order valence-corrected chi connectivity index (χ0v) is 13.7. The molecular weight excluding hydrogens is 307 g/mol. The molecule has 1 saturated heterocycles. The summed E-state index contributed by atoms with van der Waals surface area (Å²) >= 11 is 0. The smallest absolute Gasteiger partial charge is 0.254 e. The average molecular weight is 330 g/mol. The van der Waals surface area contributed by atoms with Crippen molar-refractivity contribution in [2.75, 3.05) is 19.6 Å². The minimum absolute atomic E-state index is 0.125. The van der Waals surface area contributed by atoms with Crippen molar-refractivity contribution in [3.05, 3.63) is 53.6 Å². The molecule has 1 aliphatic rings. The van der Waals surface area contributed by atoms with Gasteiger partial charge >= 0.3 is 0 Å². The molecule has 24 heavy (non-hydrogen) atoms. The molecule has 0 unspecified atom stereocenters. The normalized spacial score (nSPS) is 16.2. The van der Waals surface area contributed by atoms with Gasteiger partial charge in [-0.3, -0.25) is 9.89 Å². The molecule has 1 aromatic carbocycles. The van der Waals surface area contributed by atoms with Crippen molar-refractivity contribution < 1.29 is 9.18 Å². The summed E-state index contributed by atoms with van der Waals surface area (Å²) in [6, 6.07) is 6.24. The third-order valence-electron chi connectivity index (χ3n) is 4.54. The van der Waals surface area contributed by atoms with Gasteiger partial charge in [-0.15, -0.1) is 0 Å². The summed E-state index contributed by atoms with van der Waals surface area (Å²) < 4.78 is 13.6. The molecule has 5 nitrogen and oxygen atoms in total. The van der Waals surface area contributed by atoms with E-state index in [2.05, 4.69) is 20.4 Å². The number of amides is 1. The van der Waals surface area contributed by atoms with Crippen LogP contribution in [0.3, 0.4) is 0 Å². The molecule has 1 amide bonds. The number of hydrogen-bond acceptors (Lipinski definition) is 3. The van der Waals surface area contributed by atoms with Crippen LogP contribution >= 0.6 is 0 Å². The monoisotopic (exact) mass is 330 g/mol. The van der Waals surface area contributed by atoms with Gasteiger partial charge in [-0.1, -0.05) is 12.1 Å². The predicted octanol–water partition coefficient (Wildman–Crippen LogP) is 2.38. The van der Waals surface area contributed by atoms with Crippen LogP contribution in [0.15, 0.2) is 36.7 Å². The highest BCUT2D eigenvalue weighted by molar-refractivity contribution is 5.94. The Morgan fingerprint density at radius 1 is 1.33 bits per heavy atom. The molecule has 0 bridgehead atoms. The number of benzene rings is 1. The molecule has 0 saturated carbocycles. The van der Waals surface area contributed by atoms with Gasteiger partial charge in [-0.2, -0.15) is 5.10 Å². The lowest BCUT2D eigenvalue weighted by Gasteiger charge is -2.32. The predicted molar refractivity (Wildman–Crippen MR) is 90.2 cm³/mol. The zero-order chi connectivity index (χ0) is 16.8. The third kappa shape index (κ3) is 4.41. The lowest BCUT2D eigenvalue weighted by Crippen LogP contribution is -2.45. The average Bonchev–Trinajstić information content (AvgIpc) is 3.10. The number of likely N-dealkylation sites (tertiary alicyclic amines) is 1. The fraction of sp³-hybridized carbons (Fsp3) is 0.444. The third-order valence-corrected chi connectivity index (χ3v) is 4.54. The molecule has 1 aromatic heterocycles. The number of carbonyl (C=O) groups is 1. The second-order valence-electron chi connectivity index (χ2n) is 6.28. The largest absolute Gasteiger partial charge is 0.349 e. The van der Waals surface area contributed by atoms with Crippen LogP contribution in [0.2, 0.25) is 0 Å². The van der Waals surface area contributed by atoms with Gasteiger partial charge in [0.25, 0.3) is 5.91 Å². The van der Waals surface area contributed by atoms with Gasteiger partial charge in [-0.05, 0) is 49.9 Å². The molecule has 6 heteroatoms. The minimum Gasteiger partial charge on any atom is -0.349 e. The van der Waals surface area contributed by atoms with Crippen LogP contribution in [0.25, 0.3) is 0 Å². The number of nitrogens with zero attached hydrogens (tertiary/aromatic N) is 2. The summed E-state index contributed by atoms with van der Waals surface area (Å²) in [7, 11) is 0. The lowest BCUT2D eigenvalue weighted by molar-refractivity contribution is 0.0907. The fourth-order valence-electron chi connectivity index (χ4n) is 3.13. The first-order valence-electron chi connectivity index (χ1n) is 8.48. The van der Waals surface area contributed by atoms with Gasteiger partial charge in [0.2, 0.25) is 0 Å². The van der Waals surface area contributed by atoms with E-state index in [0.29, 0.717) is 0 Å². The highest BCUT2D eigenvalue weighted by Crippen LogP contribution is 2.13. The van der Waals surface area contributed by atoms with Crippen LogP contribution in [0.1, 0.15) is 35.2 Å². The van der Waals surface area contributed by atoms with Crippen LogP contribution in [-0.2, 0) is 6.42 Å². The number of H-pyrrole nitrogens is 1. The maximum Gasteiger partial charge on any atom is 0.254 e. The second kappa shape index (κ2) is 8.06. The molecule has 0 atom stereocenters. The summed E-state index contributed by atoms with van der Waals surface area (Å²) in [6.07, 6.45) is 7.75. The van der Waals surface area contributed by atoms with Crippen molar-refractivity contribution in [2.45, 2.75) is 31.7 Å². The first-order chi connectivity index (χ1) is 11.7. The number of hydrogen-bond donors (Lipinski definition) is 2. The first-order valence-corrected chi connectivity index (χ1v) is 8.48. The molecule has 1 fully saturated rings. The van der Waals surface area contributed by atoms with Crippen molar-refractivity contribution >= 4 is 5.91 Å². The molecule has 0 radical (unpaired) electrons. The van der Waals surface area contributed by atoms with Crippen LogP contribution in [0.4, 0.5) is 4.39 Å². The van der Waals surface area contributed by atoms with E-state index in [1.165, 1.54) is 17.7 Å². The molecule has 2 aromatic rings. The molecule has 0 spiro atoms. The van der Waals surface area contributed by atoms with E-state index in [-0.39, 0.29) is 17.5 Å². The van der Waals surface area contributed by atoms with Crippen molar-refractivity contribution in [2.24, 2.45) is 0 Å². The first kappa shape index (κ1) is 16.6. The molecule has 2 heterocycles. The number of carbonyl (C=O) groups excluding carboxylic acids is 1. The Hall–Kier alpha value is -2.21. The van der Waals surface area contributed by atoms with Crippen molar-refractivity contribution in [1.82, 2.24) is 20.4 Å². The minimum atomic E-state index is -0.466. The molecule has 2 N–H and O–H groups in total. The molecule has 0 aliphatic carbocycles. The topological polar surface area (TPSA) is 61.0 Å². The van der Waals surface area contributed by atoms with E-state index in [1.807, 2.05) is 12.4 Å². The molecule has 128 valence electrons. The van der Waals surface area contributed by atoms with Crippen LogP contribution in [0.5, 0.6) is 0 Å². The summed E-state index contributed by atoms with van der Waals surface area (Å²) in [4.78, 5) is 14.6. The Balaban J connectivity index is 1.39. The van der Waals surface area contributed by atoms with Crippen LogP contribution in [-0.4, -0.2) is 46.7 Å². The van der Waals surface area contributed by atoms with E-state index in [1.54, 1.807) is 12.1 Å². The summed E-state index contributed by atoms with van der Waals surface area (Å²) in [5.74, 6) is -0.779. The number of aromatic amines is 1. The van der Waals surface area contributed by atoms with Gasteiger partial charge in [0.15, 0.2) is 0 Å². The maximum absolute atomic E-state index is 13.6. The fourth-order valence-corrected chi connectivity index (χ4v) is 3.13. The van der Waals surface area contributed by atoms with E-state index in [0.717, 1.165) is 45.3 Å². The number of halogens is 1. The quantitative estimate of drug-likeness (QED) is 0.855. The summed E-state index contributed by atoms with van der Waals surface area (Å²) in [5.41, 5.74) is 1.36. The van der Waals surface area contributed by atoms with Crippen LogP contribution < -0.4 is 5.32 Å². The Morgan fingerprint density at radius 2 is 2.12 bits per heavy atom. The van der Waals surface area contributed by atoms with Crippen molar-refractivity contribution in [3.63, 3.8) is 0 Å². The van der Waals surface area contributed by atoms with Gasteiger partial charge < -0.3 is 10.2 Å². The highest BCUT2D eigenvalue weighted by Gasteiger charge is 2.21. The number of piperidine rings is 1. The number of aryl methyl sites for hydroxylation is 1. The van der Waals surface area contributed by atoms with Gasteiger partial charge in [-0.25, -0.2) is 4.39 Å². The van der Waals surface area contributed by atoms with E-state index in [4.69, 9.17) is 0 Å². The Morgan fingerprint density at radius 3 is 2.83 bits per heavy atom. The van der Waals surface area contributed by atoms with Gasteiger partial charge in [0.05, 0.1) is 11.8 Å². The Bertz CT molecular complexity index is 651. The van der Waals surface area contributed by atoms with E-state index >= 15 is 0 Å². The number of aromatic nitrogens is 2. The van der Waals surface area contributed by atoms with Crippen molar-refractivity contribution in [1.29, 1.82) is 0 Å². The Kier molecular flexibility index (Phi) is 5.59. The van der Waals surface area contributed by atoms with Crippen LogP contribution in [0, 0.1) is 5.82 Å². The van der Waals surface area contributed by atoms with E-state index in [9.17, 15) is 9.18 Å². The van der Waals surface area contributed by atoms with Crippen molar-refractivity contribution in [3.8, 4) is 0 Å². The molecule has 1 aliphatic heterocycles. The SMILES string of the molecule is O=C(NC1CCN(CCCc2cn[nH]c2)CC1)c1ccccc1F. The number of nitrogens with one attached hydrogen (secondary N) is 2.